The van der Waals surface area contributed by atoms with Gasteiger partial charge in [-0.05, 0) is 43.7 Å². The summed E-state index contributed by atoms with van der Waals surface area (Å²) in [7, 11) is 0. The number of benzene rings is 1. The maximum absolute atomic E-state index is 5.35. The largest absolute Gasteiger partial charge is 0.381 e. The number of rotatable bonds is 4. The lowest BCUT2D eigenvalue weighted by atomic mass is 9.86. The zero-order chi connectivity index (χ0) is 13.1. The van der Waals surface area contributed by atoms with Crippen LogP contribution in [0.4, 0.5) is 5.69 Å². The van der Waals surface area contributed by atoms with Crippen molar-refractivity contribution in [3.05, 3.63) is 30.3 Å². The number of ether oxygens (including phenoxy) is 1. The molecule has 1 aliphatic heterocycles. The summed E-state index contributed by atoms with van der Waals surface area (Å²) in [5.41, 5.74) is 1.40. The minimum absolute atomic E-state index is 0.735. The van der Waals surface area contributed by atoms with Crippen LogP contribution in [-0.2, 0) is 4.74 Å². The number of para-hydroxylation sites is 1. The fraction of sp³-hybridized carbons (Fsp3) is 0.647. The maximum atomic E-state index is 5.35. The summed E-state index contributed by atoms with van der Waals surface area (Å²) >= 11 is 0. The van der Waals surface area contributed by atoms with Crippen LogP contribution in [0.3, 0.4) is 0 Å². The van der Waals surface area contributed by atoms with Crippen LogP contribution in [0.25, 0.3) is 0 Å². The molecule has 1 heterocycles. The molecular formula is C17H25NO. The van der Waals surface area contributed by atoms with Crippen LogP contribution in [0.2, 0.25) is 0 Å². The van der Waals surface area contributed by atoms with Gasteiger partial charge in [0.1, 0.15) is 0 Å². The van der Waals surface area contributed by atoms with Gasteiger partial charge in [0, 0.05) is 24.2 Å². The summed E-state index contributed by atoms with van der Waals surface area (Å²) in [5.74, 6) is 1.65. The van der Waals surface area contributed by atoms with Crippen molar-refractivity contribution in [2.45, 2.75) is 38.6 Å². The van der Waals surface area contributed by atoms with Crippen molar-refractivity contribution in [2.24, 2.45) is 11.8 Å². The lowest BCUT2D eigenvalue weighted by molar-refractivity contribution is -0.0286. The third kappa shape index (κ3) is 3.11. The predicted octanol–water partition coefficient (Wildman–Crippen LogP) is 3.72. The maximum Gasteiger partial charge on any atom is 0.0533 e. The number of anilines is 1. The van der Waals surface area contributed by atoms with E-state index in [0.717, 1.165) is 31.1 Å². The topological polar surface area (TPSA) is 12.5 Å². The fourth-order valence-corrected chi connectivity index (χ4v) is 3.31. The highest BCUT2D eigenvalue weighted by Crippen LogP contribution is 2.31. The first-order chi connectivity index (χ1) is 9.33. The van der Waals surface area contributed by atoms with E-state index in [0.29, 0.717) is 0 Å². The Balaban J connectivity index is 1.71. The number of hydrogen-bond donors (Lipinski definition) is 0. The van der Waals surface area contributed by atoms with Crippen LogP contribution in [0.5, 0.6) is 0 Å². The smallest absolute Gasteiger partial charge is 0.0533 e. The summed E-state index contributed by atoms with van der Waals surface area (Å²) in [5, 5.41) is 0. The molecule has 104 valence electrons. The van der Waals surface area contributed by atoms with Gasteiger partial charge in [-0.2, -0.15) is 0 Å². The molecule has 2 nitrogen and oxygen atoms in total. The van der Waals surface area contributed by atoms with Gasteiger partial charge in [-0.1, -0.05) is 25.1 Å². The molecule has 0 N–H and O–H groups in total. The quantitative estimate of drug-likeness (QED) is 0.817. The van der Waals surface area contributed by atoms with E-state index in [1.54, 1.807) is 0 Å². The van der Waals surface area contributed by atoms with Crippen molar-refractivity contribution < 1.29 is 4.74 Å². The van der Waals surface area contributed by atoms with E-state index in [9.17, 15) is 0 Å². The highest BCUT2D eigenvalue weighted by atomic mass is 16.5. The summed E-state index contributed by atoms with van der Waals surface area (Å²) in [6.45, 7) is 5.46. The van der Waals surface area contributed by atoms with E-state index in [1.165, 1.54) is 37.9 Å². The zero-order valence-electron chi connectivity index (χ0n) is 11.9. The molecular weight excluding hydrogens is 234 g/mol. The Labute approximate surface area is 116 Å². The van der Waals surface area contributed by atoms with Gasteiger partial charge in [-0.25, -0.2) is 0 Å². The van der Waals surface area contributed by atoms with Crippen LogP contribution in [0.15, 0.2) is 30.3 Å². The average molecular weight is 259 g/mol. The standard InChI is InChI=1S/C17H25NO/c1-14-7-9-17(10-8-14)18(11-15-12-19-13-15)16-5-3-2-4-6-16/h2-6,14-15,17H,7-13H2,1H3. The van der Waals surface area contributed by atoms with Gasteiger partial charge in [-0.15, -0.1) is 0 Å². The van der Waals surface area contributed by atoms with Crippen LogP contribution in [0.1, 0.15) is 32.6 Å². The molecule has 0 spiro atoms. The molecule has 0 bridgehead atoms. The third-order valence-electron chi connectivity index (χ3n) is 4.68. The van der Waals surface area contributed by atoms with Crippen molar-refractivity contribution in [1.29, 1.82) is 0 Å². The van der Waals surface area contributed by atoms with Crippen LogP contribution in [-0.4, -0.2) is 25.8 Å². The summed E-state index contributed by atoms with van der Waals surface area (Å²) < 4.78 is 5.35. The molecule has 0 amide bonds. The lowest BCUT2D eigenvalue weighted by Crippen LogP contribution is -2.45. The van der Waals surface area contributed by atoms with E-state index in [4.69, 9.17) is 4.74 Å². The van der Waals surface area contributed by atoms with E-state index in [-0.39, 0.29) is 0 Å². The molecule has 19 heavy (non-hydrogen) atoms. The Hall–Kier alpha value is -1.02. The molecule has 2 heteroatoms. The molecule has 0 aromatic heterocycles. The van der Waals surface area contributed by atoms with Crippen molar-refractivity contribution in [2.75, 3.05) is 24.7 Å². The SMILES string of the molecule is CC1CCC(N(CC2COC2)c2ccccc2)CC1. The molecule has 1 aromatic carbocycles. The van der Waals surface area contributed by atoms with Crippen molar-refractivity contribution >= 4 is 5.69 Å². The molecule has 1 saturated carbocycles. The van der Waals surface area contributed by atoms with E-state index < -0.39 is 0 Å². The molecule has 0 unspecified atom stereocenters. The van der Waals surface area contributed by atoms with Gasteiger partial charge in [0.15, 0.2) is 0 Å². The Kier molecular flexibility index (Phi) is 4.07. The average Bonchev–Trinajstić information content (AvgIpc) is 2.40. The molecule has 1 saturated heterocycles. The zero-order valence-corrected chi connectivity index (χ0v) is 11.9. The normalized spacial score (nSPS) is 27.8. The second-order valence-corrected chi connectivity index (χ2v) is 6.31. The van der Waals surface area contributed by atoms with Gasteiger partial charge in [0.2, 0.25) is 0 Å². The first-order valence-corrected chi connectivity index (χ1v) is 7.72. The Morgan fingerprint density at radius 1 is 1.05 bits per heavy atom. The van der Waals surface area contributed by atoms with Crippen LogP contribution in [0, 0.1) is 11.8 Å². The second-order valence-electron chi connectivity index (χ2n) is 6.31. The minimum atomic E-state index is 0.735. The van der Waals surface area contributed by atoms with Gasteiger partial charge in [-0.3, -0.25) is 0 Å². The van der Waals surface area contributed by atoms with E-state index >= 15 is 0 Å². The number of nitrogens with zero attached hydrogens (tertiary/aromatic N) is 1. The highest BCUT2D eigenvalue weighted by Gasteiger charge is 2.28. The Morgan fingerprint density at radius 3 is 2.32 bits per heavy atom. The molecule has 2 fully saturated rings. The van der Waals surface area contributed by atoms with Crippen LogP contribution < -0.4 is 4.90 Å². The minimum Gasteiger partial charge on any atom is -0.381 e. The number of hydrogen-bond acceptors (Lipinski definition) is 2. The predicted molar refractivity (Wildman–Crippen MR) is 79.5 cm³/mol. The summed E-state index contributed by atoms with van der Waals surface area (Å²) in [6.07, 6.45) is 5.47. The first-order valence-electron chi connectivity index (χ1n) is 7.72. The van der Waals surface area contributed by atoms with Crippen molar-refractivity contribution in [3.63, 3.8) is 0 Å². The summed E-state index contributed by atoms with van der Waals surface area (Å²) in [4.78, 5) is 2.65. The molecule has 1 aromatic rings. The van der Waals surface area contributed by atoms with Gasteiger partial charge < -0.3 is 9.64 Å². The lowest BCUT2D eigenvalue weighted by Gasteiger charge is -2.41. The van der Waals surface area contributed by atoms with Crippen LogP contribution >= 0.6 is 0 Å². The first kappa shape index (κ1) is 13.0. The van der Waals surface area contributed by atoms with Gasteiger partial charge in [0.25, 0.3) is 0 Å². The van der Waals surface area contributed by atoms with Gasteiger partial charge >= 0.3 is 0 Å². The monoisotopic (exact) mass is 259 g/mol. The van der Waals surface area contributed by atoms with Crippen molar-refractivity contribution in [1.82, 2.24) is 0 Å². The molecule has 3 rings (SSSR count). The molecule has 0 radical (unpaired) electrons. The van der Waals surface area contributed by atoms with Crippen molar-refractivity contribution in [3.8, 4) is 0 Å². The second kappa shape index (κ2) is 5.96. The highest BCUT2D eigenvalue weighted by molar-refractivity contribution is 5.47. The van der Waals surface area contributed by atoms with E-state index in [1.807, 2.05) is 0 Å². The van der Waals surface area contributed by atoms with E-state index in [2.05, 4.69) is 42.2 Å². The Bertz CT molecular complexity index is 380. The third-order valence-corrected chi connectivity index (χ3v) is 4.68. The molecule has 2 aliphatic rings. The molecule has 0 atom stereocenters. The Morgan fingerprint density at radius 2 is 1.74 bits per heavy atom. The molecule has 1 aliphatic carbocycles. The fourth-order valence-electron chi connectivity index (χ4n) is 3.31. The van der Waals surface area contributed by atoms with Gasteiger partial charge in [0.05, 0.1) is 13.2 Å². The summed E-state index contributed by atoms with van der Waals surface area (Å²) in [6, 6.07) is 11.7.